The number of hydrogen-bond donors (Lipinski definition) is 0. The second-order valence-electron chi connectivity index (χ2n) is 8.36. The van der Waals surface area contributed by atoms with E-state index >= 15 is 0 Å². The van der Waals surface area contributed by atoms with Crippen molar-refractivity contribution in [2.24, 2.45) is 0 Å². The molecule has 0 aliphatic heterocycles. The number of aromatic nitrogens is 3. The van der Waals surface area contributed by atoms with E-state index in [4.69, 9.17) is 16.3 Å². The summed E-state index contributed by atoms with van der Waals surface area (Å²) in [7, 11) is 0. The number of benzene rings is 1. The molecular formula is C22H27ClN4O2. The van der Waals surface area contributed by atoms with E-state index in [1.807, 2.05) is 58.0 Å². The van der Waals surface area contributed by atoms with Crippen molar-refractivity contribution >= 4 is 29.0 Å². The first-order chi connectivity index (χ1) is 13.6. The Bertz CT molecular complexity index is 1010. The van der Waals surface area contributed by atoms with Crippen LogP contribution in [0.2, 0.25) is 5.15 Å². The predicted octanol–water partition coefficient (Wildman–Crippen LogP) is 6.01. The van der Waals surface area contributed by atoms with Gasteiger partial charge in [0, 0.05) is 6.07 Å². The van der Waals surface area contributed by atoms with Crippen LogP contribution in [-0.2, 0) is 4.74 Å². The highest BCUT2D eigenvalue weighted by atomic mass is 35.5. The average Bonchev–Trinajstić information content (AvgIpc) is 3.05. The maximum absolute atomic E-state index is 13.3. The third-order valence-corrected chi connectivity index (χ3v) is 4.74. The average molecular weight is 415 g/mol. The fraction of sp³-hybridized carbons (Fsp3) is 0.409. The number of imidazole rings is 1. The lowest BCUT2D eigenvalue weighted by atomic mass is 10.1. The van der Waals surface area contributed by atoms with E-state index in [0.717, 1.165) is 11.3 Å². The number of anilines is 1. The summed E-state index contributed by atoms with van der Waals surface area (Å²) in [6, 6.07) is 11.2. The van der Waals surface area contributed by atoms with Crippen molar-refractivity contribution in [2.45, 2.75) is 59.1 Å². The minimum absolute atomic E-state index is 0.199. The van der Waals surface area contributed by atoms with Crippen molar-refractivity contribution in [2.75, 3.05) is 4.90 Å². The molecule has 0 aliphatic rings. The maximum Gasteiger partial charge on any atom is 0.415 e. The quantitative estimate of drug-likeness (QED) is 0.524. The van der Waals surface area contributed by atoms with Gasteiger partial charge < -0.3 is 4.74 Å². The van der Waals surface area contributed by atoms with E-state index in [1.54, 1.807) is 21.7 Å². The largest absolute Gasteiger partial charge is 0.443 e. The van der Waals surface area contributed by atoms with Crippen molar-refractivity contribution in [1.29, 1.82) is 0 Å². The third-order valence-electron chi connectivity index (χ3n) is 4.56. The van der Waals surface area contributed by atoms with E-state index in [0.29, 0.717) is 11.3 Å². The zero-order valence-electron chi connectivity index (χ0n) is 17.7. The van der Waals surface area contributed by atoms with Gasteiger partial charge in [0.05, 0.1) is 23.6 Å². The van der Waals surface area contributed by atoms with E-state index in [9.17, 15) is 4.79 Å². The molecule has 154 valence electrons. The van der Waals surface area contributed by atoms with Gasteiger partial charge in [0.25, 0.3) is 0 Å². The second-order valence-corrected chi connectivity index (χ2v) is 8.75. The van der Waals surface area contributed by atoms with Crippen LogP contribution in [0.1, 0.15) is 64.8 Å². The Hall–Kier alpha value is -2.60. The highest BCUT2D eigenvalue weighted by molar-refractivity contribution is 6.29. The van der Waals surface area contributed by atoms with Crippen LogP contribution in [-0.4, -0.2) is 26.3 Å². The molecule has 0 spiro atoms. The predicted molar refractivity (Wildman–Crippen MR) is 116 cm³/mol. The Kier molecular flexibility index (Phi) is 5.85. The monoisotopic (exact) mass is 414 g/mol. The normalized spacial score (nSPS) is 13.0. The van der Waals surface area contributed by atoms with Gasteiger partial charge >= 0.3 is 6.09 Å². The van der Waals surface area contributed by atoms with Crippen LogP contribution in [0.4, 0.5) is 10.5 Å². The molecule has 3 rings (SSSR count). The van der Waals surface area contributed by atoms with Crippen LogP contribution < -0.4 is 4.90 Å². The molecule has 1 aromatic carbocycles. The zero-order valence-corrected chi connectivity index (χ0v) is 18.4. The van der Waals surface area contributed by atoms with Crippen LogP contribution in [0, 0.1) is 0 Å². The number of hydrogen-bond acceptors (Lipinski definition) is 4. The Morgan fingerprint density at radius 2 is 1.83 bits per heavy atom. The molecule has 1 amide bonds. The summed E-state index contributed by atoms with van der Waals surface area (Å²) in [5.74, 6) is 0.199. The third kappa shape index (κ3) is 4.53. The molecular weight excluding hydrogens is 388 g/mol. The molecule has 6 nitrogen and oxygen atoms in total. The van der Waals surface area contributed by atoms with Crippen LogP contribution in [0.25, 0.3) is 5.65 Å². The number of carbonyl (C=O) groups is 1. The van der Waals surface area contributed by atoms with Crippen molar-refractivity contribution in [3.8, 4) is 0 Å². The molecule has 0 radical (unpaired) electrons. The molecule has 0 aliphatic carbocycles. The molecule has 0 N–H and O–H groups in total. The first-order valence-corrected chi connectivity index (χ1v) is 10.1. The lowest BCUT2D eigenvalue weighted by molar-refractivity contribution is 0.0567. The minimum atomic E-state index is -0.642. The van der Waals surface area contributed by atoms with Crippen LogP contribution in [0.3, 0.4) is 0 Å². The van der Waals surface area contributed by atoms with Gasteiger partial charge in [-0.2, -0.15) is 5.10 Å². The first-order valence-electron chi connectivity index (χ1n) is 9.70. The van der Waals surface area contributed by atoms with Crippen molar-refractivity contribution in [3.63, 3.8) is 0 Å². The summed E-state index contributed by atoms with van der Waals surface area (Å²) in [5, 5.41) is 4.69. The van der Waals surface area contributed by atoms with Gasteiger partial charge in [-0.05, 0) is 39.2 Å². The Morgan fingerprint density at radius 1 is 1.17 bits per heavy atom. The van der Waals surface area contributed by atoms with E-state index in [-0.39, 0.29) is 17.1 Å². The molecule has 0 saturated heterocycles. The molecule has 0 bridgehead atoms. The highest BCUT2D eigenvalue weighted by Crippen LogP contribution is 2.34. The van der Waals surface area contributed by atoms with Crippen LogP contribution in [0.5, 0.6) is 0 Å². The Morgan fingerprint density at radius 3 is 2.41 bits per heavy atom. The molecule has 2 heterocycles. The number of rotatable bonds is 4. The smallest absolute Gasteiger partial charge is 0.415 e. The highest BCUT2D eigenvalue weighted by Gasteiger charge is 2.31. The fourth-order valence-corrected chi connectivity index (χ4v) is 3.35. The van der Waals surface area contributed by atoms with E-state index < -0.39 is 11.7 Å². The van der Waals surface area contributed by atoms with Crippen LogP contribution in [0.15, 0.2) is 42.6 Å². The van der Waals surface area contributed by atoms with Crippen molar-refractivity contribution in [1.82, 2.24) is 14.6 Å². The lowest BCUT2D eigenvalue weighted by Gasteiger charge is -2.32. The summed E-state index contributed by atoms with van der Waals surface area (Å²) in [5.41, 5.74) is 2.37. The van der Waals surface area contributed by atoms with E-state index in [2.05, 4.69) is 23.9 Å². The fourth-order valence-electron chi connectivity index (χ4n) is 3.17. The molecule has 0 unspecified atom stereocenters. The van der Waals surface area contributed by atoms with Crippen molar-refractivity contribution in [3.05, 3.63) is 59.0 Å². The van der Waals surface area contributed by atoms with Gasteiger partial charge in [-0.15, -0.1) is 0 Å². The van der Waals surface area contributed by atoms with Gasteiger partial charge in [-0.25, -0.2) is 14.3 Å². The summed E-state index contributed by atoms with van der Waals surface area (Å²) < 4.78 is 7.43. The van der Waals surface area contributed by atoms with Gasteiger partial charge in [0.2, 0.25) is 0 Å². The molecule has 7 heteroatoms. The standard InChI is InChI=1S/C22H27ClN4O2/c1-14(2)18-13-24-20-17(12-19(23)25-27(18)20)26(21(28)29-22(4,5)6)15(3)16-10-8-7-9-11-16/h7-15H,1-6H3/t15-/m0/s1. The summed E-state index contributed by atoms with van der Waals surface area (Å²) >= 11 is 6.35. The van der Waals surface area contributed by atoms with E-state index in [1.165, 1.54) is 0 Å². The van der Waals surface area contributed by atoms with Crippen molar-refractivity contribution < 1.29 is 9.53 Å². The Balaban J connectivity index is 2.20. The number of fused-ring (bicyclic) bond motifs is 1. The number of amides is 1. The number of carbonyl (C=O) groups excluding carboxylic acids is 1. The summed E-state index contributed by atoms with van der Waals surface area (Å²) in [6.07, 6.45) is 1.31. The van der Waals surface area contributed by atoms with Crippen LogP contribution >= 0.6 is 11.6 Å². The summed E-state index contributed by atoms with van der Waals surface area (Å²) in [4.78, 5) is 19.4. The van der Waals surface area contributed by atoms with Gasteiger partial charge in [-0.1, -0.05) is 55.8 Å². The lowest BCUT2D eigenvalue weighted by Crippen LogP contribution is -2.39. The zero-order chi connectivity index (χ0) is 21.3. The SMILES string of the molecule is CC(C)c1cnc2c(N(C(=O)OC(C)(C)C)[C@@H](C)c3ccccc3)cc(Cl)nn12. The number of nitrogens with zero attached hydrogens (tertiary/aromatic N) is 4. The molecule has 1 atom stereocenters. The molecule has 2 aromatic heterocycles. The second kappa shape index (κ2) is 8.03. The van der Waals surface area contributed by atoms with Gasteiger partial charge in [-0.3, -0.25) is 4.90 Å². The number of halogens is 1. The Labute approximate surface area is 176 Å². The minimum Gasteiger partial charge on any atom is -0.443 e. The first kappa shape index (κ1) is 21.1. The van der Waals surface area contributed by atoms with Gasteiger partial charge in [0.15, 0.2) is 10.8 Å². The summed E-state index contributed by atoms with van der Waals surface area (Å²) in [6.45, 7) is 11.6. The molecule has 3 aromatic rings. The van der Waals surface area contributed by atoms with Gasteiger partial charge in [0.1, 0.15) is 5.60 Å². The molecule has 29 heavy (non-hydrogen) atoms. The molecule has 0 fully saturated rings. The maximum atomic E-state index is 13.3. The molecule has 0 saturated carbocycles. The topological polar surface area (TPSA) is 59.7 Å². The number of ether oxygens (including phenoxy) is 1.